The van der Waals surface area contributed by atoms with Crippen molar-refractivity contribution < 1.29 is 9.66 Å². The number of nitro groups is 1. The minimum atomic E-state index is -0.477. The van der Waals surface area contributed by atoms with E-state index >= 15 is 0 Å². The van der Waals surface area contributed by atoms with E-state index in [2.05, 4.69) is 15.3 Å². The Balaban J connectivity index is 2.31. The van der Waals surface area contributed by atoms with Crippen LogP contribution in [0.5, 0.6) is 5.88 Å². The zero-order valence-corrected chi connectivity index (χ0v) is 11.9. The van der Waals surface area contributed by atoms with E-state index in [0.29, 0.717) is 12.4 Å². The molecular weight excluding hydrogens is 260 g/mol. The highest BCUT2D eigenvalue weighted by Crippen LogP contribution is 2.33. The van der Waals surface area contributed by atoms with Gasteiger partial charge in [0.25, 0.3) is 5.88 Å². The van der Waals surface area contributed by atoms with Crippen LogP contribution in [-0.4, -0.2) is 27.5 Å². The average molecular weight is 280 g/mol. The highest BCUT2D eigenvalue weighted by atomic mass is 16.6. The molecule has 0 unspecified atom stereocenters. The van der Waals surface area contributed by atoms with Crippen molar-refractivity contribution in [3.63, 3.8) is 0 Å². The van der Waals surface area contributed by atoms with Crippen LogP contribution in [-0.2, 0) is 0 Å². The maximum Gasteiger partial charge on any atom is 0.372 e. The fraction of sp³-hybridized carbons (Fsp3) is 0.692. The molecule has 1 aliphatic rings. The maximum atomic E-state index is 11.3. The number of aromatic nitrogens is 2. The second kappa shape index (κ2) is 6.49. The molecule has 0 aromatic carbocycles. The average Bonchev–Trinajstić information content (AvgIpc) is 2.39. The van der Waals surface area contributed by atoms with Crippen LogP contribution in [0.2, 0.25) is 0 Å². The fourth-order valence-electron chi connectivity index (χ4n) is 2.48. The van der Waals surface area contributed by atoms with E-state index in [1.165, 1.54) is 6.42 Å². The zero-order valence-electron chi connectivity index (χ0n) is 11.9. The summed E-state index contributed by atoms with van der Waals surface area (Å²) in [6.07, 6.45) is 5.56. The van der Waals surface area contributed by atoms with Crippen molar-refractivity contribution in [3.05, 3.63) is 15.9 Å². The van der Waals surface area contributed by atoms with Gasteiger partial charge in [-0.1, -0.05) is 19.3 Å². The SMILES string of the molecule is CCOc1nc(C)nc(NC2CCCCC2)c1[N+](=O)[O-]. The fourth-order valence-corrected chi connectivity index (χ4v) is 2.48. The van der Waals surface area contributed by atoms with Crippen LogP contribution in [0.25, 0.3) is 0 Å². The summed E-state index contributed by atoms with van der Waals surface area (Å²) in [5.41, 5.74) is -0.164. The molecule has 1 aromatic heterocycles. The van der Waals surface area contributed by atoms with E-state index in [9.17, 15) is 10.1 Å². The topological polar surface area (TPSA) is 90.2 Å². The number of aryl methyl sites for hydroxylation is 1. The second-order valence-electron chi connectivity index (χ2n) is 4.94. The number of rotatable bonds is 5. The van der Waals surface area contributed by atoms with Gasteiger partial charge >= 0.3 is 5.69 Å². The number of nitrogens with one attached hydrogen (secondary N) is 1. The summed E-state index contributed by atoms with van der Waals surface area (Å²) in [5.74, 6) is 0.790. The number of hydrogen-bond donors (Lipinski definition) is 1. The van der Waals surface area contributed by atoms with Crippen molar-refractivity contribution in [2.45, 2.75) is 52.0 Å². The van der Waals surface area contributed by atoms with Crippen molar-refractivity contribution in [3.8, 4) is 5.88 Å². The summed E-state index contributed by atoms with van der Waals surface area (Å²) < 4.78 is 5.28. The van der Waals surface area contributed by atoms with Gasteiger partial charge in [-0.25, -0.2) is 4.98 Å². The second-order valence-corrected chi connectivity index (χ2v) is 4.94. The Bertz CT molecular complexity index is 487. The number of ether oxygens (including phenoxy) is 1. The molecule has 1 aliphatic carbocycles. The van der Waals surface area contributed by atoms with E-state index in [1.807, 2.05) is 0 Å². The summed E-state index contributed by atoms with van der Waals surface area (Å²) in [4.78, 5) is 19.0. The minimum absolute atomic E-state index is 0.0447. The van der Waals surface area contributed by atoms with Gasteiger partial charge in [0.2, 0.25) is 5.82 Å². The van der Waals surface area contributed by atoms with Crippen LogP contribution < -0.4 is 10.1 Å². The smallest absolute Gasteiger partial charge is 0.372 e. The Kier molecular flexibility index (Phi) is 4.70. The van der Waals surface area contributed by atoms with Gasteiger partial charge in [-0.3, -0.25) is 10.1 Å². The Morgan fingerprint density at radius 2 is 2.05 bits per heavy atom. The normalized spacial score (nSPS) is 15.9. The zero-order chi connectivity index (χ0) is 14.5. The maximum absolute atomic E-state index is 11.3. The van der Waals surface area contributed by atoms with Gasteiger partial charge in [-0.05, 0) is 26.7 Å². The third-order valence-electron chi connectivity index (χ3n) is 3.37. The van der Waals surface area contributed by atoms with Crippen molar-refractivity contribution in [1.29, 1.82) is 0 Å². The van der Waals surface area contributed by atoms with Crippen LogP contribution in [0.1, 0.15) is 44.9 Å². The van der Waals surface area contributed by atoms with E-state index in [4.69, 9.17) is 4.74 Å². The highest BCUT2D eigenvalue weighted by Gasteiger charge is 2.27. The molecule has 0 spiro atoms. The Morgan fingerprint density at radius 1 is 1.35 bits per heavy atom. The highest BCUT2D eigenvalue weighted by molar-refractivity contribution is 5.62. The molecule has 0 bridgehead atoms. The van der Waals surface area contributed by atoms with Gasteiger partial charge in [0.15, 0.2) is 0 Å². The summed E-state index contributed by atoms with van der Waals surface area (Å²) in [5, 5.41) is 14.5. The first-order valence-corrected chi connectivity index (χ1v) is 7.04. The van der Waals surface area contributed by atoms with Crippen LogP contribution >= 0.6 is 0 Å². The first-order chi connectivity index (χ1) is 9.61. The molecule has 1 aromatic rings. The quantitative estimate of drug-likeness (QED) is 0.658. The van der Waals surface area contributed by atoms with Crippen molar-refractivity contribution in [1.82, 2.24) is 9.97 Å². The van der Waals surface area contributed by atoms with Crippen molar-refractivity contribution in [2.24, 2.45) is 0 Å². The molecule has 110 valence electrons. The van der Waals surface area contributed by atoms with Crippen LogP contribution in [0, 0.1) is 17.0 Å². The first kappa shape index (κ1) is 14.5. The molecule has 1 N–H and O–H groups in total. The van der Waals surface area contributed by atoms with Gasteiger partial charge in [-0.2, -0.15) is 4.98 Å². The molecule has 7 heteroatoms. The van der Waals surface area contributed by atoms with E-state index in [0.717, 1.165) is 25.7 Å². The first-order valence-electron chi connectivity index (χ1n) is 7.04. The lowest BCUT2D eigenvalue weighted by atomic mass is 9.95. The number of anilines is 1. The Labute approximate surface area is 117 Å². The van der Waals surface area contributed by atoms with E-state index in [1.54, 1.807) is 13.8 Å². The lowest BCUT2D eigenvalue weighted by Gasteiger charge is -2.23. The lowest BCUT2D eigenvalue weighted by molar-refractivity contribution is -0.385. The Hall–Kier alpha value is -1.92. The predicted octanol–water partition coefficient (Wildman–Crippen LogP) is 2.84. The largest absolute Gasteiger partial charge is 0.473 e. The summed E-state index contributed by atoms with van der Waals surface area (Å²) in [6, 6.07) is 0.242. The summed E-state index contributed by atoms with van der Waals surface area (Å²) in [7, 11) is 0. The molecule has 0 saturated heterocycles. The van der Waals surface area contributed by atoms with Crippen LogP contribution in [0.15, 0.2) is 0 Å². The number of nitrogens with zero attached hydrogens (tertiary/aromatic N) is 3. The molecule has 0 amide bonds. The molecule has 0 atom stereocenters. The van der Waals surface area contributed by atoms with Crippen molar-refractivity contribution in [2.75, 3.05) is 11.9 Å². The number of hydrogen-bond acceptors (Lipinski definition) is 6. The van der Waals surface area contributed by atoms with Crippen molar-refractivity contribution >= 4 is 11.5 Å². The third-order valence-corrected chi connectivity index (χ3v) is 3.37. The molecule has 20 heavy (non-hydrogen) atoms. The van der Waals surface area contributed by atoms with Gasteiger partial charge in [0, 0.05) is 6.04 Å². The van der Waals surface area contributed by atoms with Gasteiger partial charge < -0.3 is 10.1 Å². The molecule has 7 nitrogen and oxygen atoms in total. The third kappa shape index (κ3) is 3.34. The van der Waals surface area contributed by atoms with E-state index in [-0.39, 0.29) is 23.4 Å². The lowest BCUT2D eigenvalue weighted by Crippen LogP contribution is -2.24. The molecule has 0 aliphatic heterocycles. The standard InChI is InChI=1S/C13H20N4O3/c1-3-20-13-11(17(18)19)12(14-9(2)15-13)16-10-7-5-4-6-8-10/h10H,3-8H2,1-2H3,(H,14,15,16). The van der Waals surface area contributed by atoms with Crippen LogP contribution in [0.3, 0.4) is 0 Å². The predicted molar refractivity (Wildman–Crippen MR) is 75.1 cm³/mol. The molecule has 0 radical (unpaired) electrons. The molecule has 1 saturated carbocycles. The Morgan fingerprint density at radius 3 is 2.65 bits per heavy atom. The summed E-state index contributed by atoms with van der Waals surface area (Å²) >= 11 is 0. The summed E-state index contributed by atoms with van der Waals surface area (Å²) in [6.45, 7) is 3.81. The molecule has 1 fully saturated rings. The van der Waals surface area contributed by atoms with Crippen LogP contribution in [0.4, 0.5) is 11.5 Å². The molecule has 1 heterocycles. The molecule has 2 rings (SSSR count). The monoisotopic (exact) mass is 280 g/mol. The van der Waals surface area contributed by atoms with Gasteiger partial charge in [0.05, 0.1) is 11.5 Å². The van der Waals surface area contributed by atoms with Gasteiger partial charge in [-0.15, -0.1) is 0 Å². The molecular formula is C13H20N4O3. The van der Waals surface area contributed by atoms with E-state index < -0.39 is 4.92 Å². The minimum Gasteiger partial charge on any atom is -0.473 e. The van der Waals surface area contributed by atoms with Gasteiger partial charge in [0.1, 0.15) is 5.82 Å².